The highest BCUT2D eigenvalue weighted by atomic mass is 16.5. The molecule has 0 atom stereocenters. The minimum absolute atomic E-state index is 0.119. The third-order valence-electron chi connectivity index (χ3n) is 5.07. The van der Waals surface area contributed by atoms with Crippen LogP contribution in [-0.4, -0.2) is 74.3 Å². The molecule has 1 aromatic heterocycles. The lowest BCUT2D eigenvalue weighted by atomic mass is 9.98. The number of rotatable bonds is 8. The van der Waals surface area contributed by atoms with Gasteiger partial charge in [0.15, 0.2) is 5.82 Å². The predicted octanol–water partition coefficient (Wildman–Crippen LogP) is 1.20. The van der Waals surface area contributed by atoms with Crippen LogP contribution in [0.1, 0.15) is 37.1 Å². The van der Waals surface area contributed by atoms with Crippen molar-refractivity contribution in [2.45, 2.75) is 32.1 Å². The third-order valence-corrected chi connectivity index (χ3v) is 5.07. The molecular formula is C21H33N5O4. The Morgan fingerprint density at radius 3 is 2.77 bits per heavy atom. The lowest BCUT2D eigenvalue weighted by Gasteiger charge is -2.32. The number of aliphatic hydroxyl groups excluding tert-OH is 1. The molecule has 0 aliphatic carbocycles. The molecule has 9 nitrogen and oxygen atoms in total. The Balaban J connectivity index is 0.00000155. The molecule has 3 heterocycles. The van der Waals surface area contributed by atoms with Crippen LogP contribution in [0.15, 0.2) is 17.4 Å². The van der Waals surface area contributed by atoms with Gasteiger partial charge in [0.05, 0.1) is 17.9 Å². The molecule has 166 valence electrons. The van der Waals surface area contributed by atoms with Gasteiger partial charge in [-0.3, -0.25) is 9.98 Å². The first kappa shape index (κ1) is 23.8. The van der Waals surface area contributed by atoms with E-state index in [2.05, 4.69) is 9.89 Å². The fourth-order valence-electron chi connectivity index (χ4n) is 3.46. The molecule has 1 fully saturated rings. The molecule has 9 heteroatoms. The number of hydrogen-bond donors (Lipinski definition) is 2. The number of nitrogens with zero attached hydrogens (tertiary/aromatic N) is 4. The molecule has 3 rings (SSSR count). The van der Waals surface area contributed by atoms with Crippen LogP contribution < -0.4 is 10.6 Å². The van der Waals surface area contributed by atoms with E-state index in [4.69, 9.17) is 30.3 Å². The number of nitrogens with two attached hydrogens (primary N) is 1. The average molecular weight is 420 g/mol. The summed E-state index contributed by atoms with van der Waals surface area (Å²) in [5, 5.41) is 7.00. The number of ether oxygens (including phenoxy) is 2. The highest BCUT2D eigenvalue weighted by molar-refractivity contribution is 6.20. The highest BCUT2D eigenvalue weighted by Crippen LogP contribution is 2.29. The minimum atomic E-state index is 0.119. The number of hydrogen-bond acceptors (Lipinski definition) is 9. The lowest BCUT2D eigenvalue weighted by molar-refractivity contribution is -0.111. The zero-order valence-electron chi connectivity index (χ0n) is 17.9. The van der Waals surface area contributed by atoms with Crippen LogP contribution in [0.4, 0.5) is 5.82 Å². The van der Waals surface area contributed by atoms with E-state index in [-0.39, 0.29) is 5.92 Å². The van der Waals surface area contributed by atoms with Gasteiger partial charge in [0.1, 0.15) is 12.0 Å². The second kappa shape index (κ2) is 12.9. The van der Waals surface area contributed by atoms with Crippen molar-refractivity contribution in [3.05, 3.63) is 23.8 Å². The van der Waals surface area contributed by atoms with Crippen LogP contribution in [0.25, 0.3) is 5.57 Å². The fraction of sp³-hybridized carbons (Fsp3) is 0.619. The van der Waals surface area contributed by atoms with Gasteiger partial charge in [-0.2, -0.15) is 0 Å². The molecule has 0 spiro atoms. The Labute approximate surface area is 178 Å². The molecule has 0 unspecified atom stereocenters. The monoisotopic (exact) mass is 419 g/mol. The van der Waals surface area contributed by atoms with E-state index in [0.29, 0.717) is 30.4 Å². The summed E-state index contributed by atoms with van der Waals surface area (Å²) in [6.07, 6.45) is 8.55. The van der Waals surface area contributed by atoms with E-state index in [0.717, 1.165) is 76.6 Å². The van der Waals surface area contributed by atoms with Crippen molar-refractivity contribution in [3.63, 3.8) is 0 Å². The topological polar surface area (TPSA) is 123 Å². The third kappa shape index (κ3) is 6.24. The molecule has 3 N–H and O–H groups in total. The summed E-state index contributed by atoms with van der Waals surface area (Å²) >= 11 is 0. The maximum absolute atomic E-state index is 11.1. The summed E-state index contributed by atoms with van der Waals surface area (Å²) in [4.78, 5) is 27.4. The predicted molar refractivity (Wildman–Crippen MR) is 116 cm³/mol. The number of carbonyl (C=O) groups excluding carboxylic acids is 1. The van der Waals surface area contributed by atoms with Crippen molar-refractivity contribution >= 4 is 23.6 Å². The van der Waals surface area contributed by atoms with Crippen LogP contribution in [0, 0.1) is 5.92 Å². The zero-order valence-corrected chi connectivity index (χ0v) is 17.9. The first-order valence-corrected chi connectivity index (χ1v) is 10.4. The number of aromatic nitrogens is 2. The highest BCUT2D eigenvalue weighted by Gasteiger charge is 2.26. The van der Waals surface area contributed by atoms with Gasteiger partial charge in [-0.05, 0) is 25.7 Å². The Hall–Kier alpha value is -2.52. The van der Waals surface area contributed by atoms with Crippen LogP contribution >= 0.6 is 0 Å². The van der Waals surface area contributed by atoms with Crippen molar-refractivity contribution < 1.29 is 19.4 Å². The van der Waals surface area contributed by atoms with E-state index in [1.54, 1.807) is 13.3 Å². The lowest BCUT2D eigenvalue weighted by Crippen LogP contribution is -2.36. The number of methoxy groups -OCH3 is 1. The van der Waals surface area contributed by atoms with Gasteiger partial charge in [-0.25, -0.2) is 4.98 Å². The Morgan fingerprint density at radius 2 is 2.17 bits per heavy atom. The van der Waals surface area contributed by atoms with Gasteiger partial charge < -0.3 is 30.0 Å². The van der Waals surface area contributed by atoms with Crippen molar-refractivity contribution in [1.82, 2.24) is 9.97 Å². The SMILES string of the molecule is CO.COCCCc1cnc(/C(=C/N)C2=NCCCO2)c(N2CCC(C=O)CC2)n1. The molecule has 30 heavy (non-hydrogen) atoms. The van der Waals surface area contributed by atoms with Crippen molar-refractivity contribution in [2.75, 3.05) is 52.0 Å². The molecule has 0 amide bonds. The first-order valence-electron chi connectivity index (χ1n) is 10.4. The van der Waals surface area contributed by atoms with Crippen molar-refractivity contribution in [3.8, 4) is 0 Å². The quantitative estimate of drug-likeness (QED) is 0.476. The number of aldehydes is 1. The second-order valence-corrected chi connectivity index (χ2v) is 7.06. The molecule has 2 aliphatic rings. The maximum atomic E-state index is 11.1. The maximum Gasteiger partial charge on any atom is 0.219 e. The summed E-state index contributed by atoms with van der Waals surface area (Å²) in [6, 6.07) is 0. The zero-order chi connectivity index (χ0) is 21.8. The minimum Gasteiger partial charge on any atom is -0.477 e. The largest absolute Gasteiger partial charge is 0.477 e. The standard InChI is InChI=1S/C20H29N5O3.CH4O/c1-27-10-2-4-16-13-23-18(17(12-21)20-22-7-3-11-28-20)19(24-16)25-8-5-15(14-26)6-9-25;1-2/h12-15H,2-11,21H2,1H3;2H,1H3/b17-12-;. The first-order chi connectivity index (χ1) is 14.8. The fourth-order valence-corrected chi connectivity index (χ4v) is 3.46. The summed E-state index contributed by atoms with van der Waals surface area (Å²) in [7, 11) is 2.70. The second-order valence-electron chi connectivity index (χ2n) is 7.06. The summed E-state index contributed by atoms with van der Waals surface area (Å²) < 4.78 is 10.9. The Morgan fingerprint density at radius 1 is 1.40 bits per heavy atom. The van der Waals surface area contributed by atoms with Crippen LogP contribution in [0.3, 0.4) is 0 Å². The van der Waals surface area contributed by atoms with E-state index in [1.807, 2.05) is 0 Å². The van der Waals surface area contributed by atoms with Gasteiger partial charge in [0.25, 0.3) is 0 Å². The molecule has 1 saturated heterocycles. The van der Waals surface area contributed by atoms with Gasteiger partial charge in [0, 0.05) is 65.2 Å². The Bertz CT molecular complexity index is 730. The van der Waals surface area contributed by atoms with E-state index in [1.165, 1.54) is 6.20 Å². The van der Waals surface area contributed by atoms with E-state index < -0.39 is 0 Å². The van der Waals surface area contributed by atoms with Gasteiger partial charge in [-0.15, -0.1) is 0 Å². The van der Waals surface area contributed by atoms with Crippen molar-refractivity contribution in [1.29, 1.82) is 0 Å². The number of aryl methyl sites for hydroxylation is 1. The van der Waals surface area contributed by atoms with Crippen molar-refractivity contribution in [2.24, 2.45) is 16.6 Å². The number of piperidine rings is 1. The summed E-state index contributed by atoms with van der Waals surface area (Å²) in [5.41, 5.74) is 8.21. The smallest absolute Gasteiger partial charge is 0.219 e. The van der Waals surface area contributed by atoms with Gasteiger partial charge in [-0.1, -0.05) is 0 Å². The number of aliphatic imine (C=N–C) groups is 1. The molecular weight excluding hydrogens is 386 g/mol. The Kier molecular flexibility index (Phi) is 10.2. The molecule has 0 radical (unpaired) electrons. The molecule has 0 bridgehead atoms. The van der Waals surface area contributed by atoms with Crippen LogP contribution in [0.2, 0.25) is 0 Å². The van der Waals surface area contributed by atoms with Crippen LogP contribution in [-0.2, 0) is 20.7 Å². The molecule has 1 aromatic rings. The molecule has 2 aliphatic heterocycles. The van der Waals surface area contributed by atoms with Gasteiger partial charge in [0.2, 0.25) is 5.90 Å². The number of anilines is 1. The average Bonchev–Trinajstić information content (AvgIpc) is 2.82. The normalized spacial score (nSPS) is 17.5. The number of carbonyl (C=O) groups is 1. The van der Waals surface area contributed by atoms with E-state index in [9.17, 15) is 4.79 Å². The van der Waals surface area contributed by atoms with E-state index >= 15 is 0 Å². The summed E-state index contributed by atoms with van der Waals surface area (Å²) in [5.74, 6) is 1.43. The summed E-state index contributed by atoms with van der Waals surface area (Å²) in [6.45, 7) is 3.55. The number of aliphatic hydroxyl groups is 1. The molecule has 0 saturated carbocycles. The van der Waals surface area contributed by atoms with Crippen LogP contribution in [0.5, 0.6) is 0 Å². The molecule has 0 aromatic carbocycles. The van der Waals surface area contributed by atoms with Gasteiger partial charge >= 0.3 is 0 Å².